The maximum absolute atomic E-state index is 10.9. The lowest BCUT2D eigenvalue weighted by molar-refractivity contribution is 0.113. The van der Waals surface area contributed by atoms with E-state index in [9.17, 15) is 5.11 Å². The standard InChI is InChI=1S/C20H32N2O2/c1-4-10-19(21-22-14-9-13-17(22)15-24-3)18(5-2)20(23)16-11-7-6-8-12-16/h6-8,11-12,17-18,20,23H,4-5,9-10,13-15H2,1-3H3/b21-19+/t17-,18+,20+/m0/s1. The Bertz CT molecular complexity index is 504. The highest BCUT2D eigenvalue weighted by Gasteiger charge is 2.28. The fourth-order valence-corrected chi connectivity index (χ4v) is 3.57. The summed E-state index contributed by atoms with van der Waals surface area (Å²) in [7, 11) is 1.75. The molecule has 1 fully saturated rings. The minimum atomic E-state index is -0.495. The maximum atomic E-state index is 10.9. The van der Waals surface area contributed by atoms with E-state index in [2.05, 4.69) is 18.9 Å². The van der Waals surface area contributed by atoms with Crippen molar-refractivity contribution >= 4 is 5.71 Å². The summed E-state index contributed by atoms with van der Waals surface area (Å²) in [6.45, 7) is 6.02. The number of aliphatic hydroxyl groups is 1. The highest BCUT2D eigenvalue weighted by Crippen LogP contribution is 2.29. The molecule has 0 bridgehead atoms. The van der Waals surface area contributed by atoms with Gasteiger partial charge >= 0.3 is 0 Å². The van der Waals surface area contributed by atoms with Crippen molar-refractivity contribution in [3.05, 3.63) is 35.9 Å². The van der Waals surface area contributed by atoms with Gasteiger partial charge in [-0.2, -0.15) is 5.10 Å². The van der Waals surface area contributed by atoms with Gasteiger partial charge in [0.1, 0.15) is 0 Å². The molecule has 1 aromatic rings. The van der Waals surface area contributed by atoms with Crippen LogP contribution in [0.15, 0.2) is 35.4 Å². The van der Waals surface area contributed by atoms with Gasteiger partial charge in [0.2, 0.25) is 0 Å². The summed E-state index contributed by atoms with van der Waals surface area (Å²) in [6.07, 6.45) is 4.66. The topological polar surface area (TPSA) is 45.1 Å². The van der Waals surface area contributed by atoms with Crippen LogP contribution in [0.3, 0.4) is 0 Å². The highest BCUT2D eigenvalue weighted by atomic mass is 16.5. The van der Waals surface area contributed by atoms with Gasteiger partial charge in [0.25, 0.3) is 0 Å². The number of hydrogen-bond donors (Lipinski definition) is 1. The van der Waals surface area contributed by atoms with Gasteiger partial charge in [-0.15, -0.1) is 0 Å². The van der Waals surface area contributed by atoms with Crippen LogP contribution >= 0.6 is 0 Å². The molecule has 0 radical (unpaired) electrons. The van der Waals surface area contributed by atoms with Gasteiger partial charge in [-0.25, -0.2) is 0 Å². The largest absolute Gasteiger partial charge is 0.388 e. The van der Waals surface area contributed by atoms with E-state index in [1.54, 1.807) is 7.11 Å². The zero-order chi connectivity index (χ0) is 17.4. The van der Waals surface area contributed by atoms with Crippen LogP contribution in [-0.4, -0.2) is 42.1 Å². The van der Waals surface area contributed by atoms with E-state index in [0.717, 1.165) is 56.5 Å². The summed E-state index contributed by atoms with van der Waals surface area (Å²) < 4.78 is 5.34. The number of benzene rings is 1. The lowest BCUT2D eigenvalue weighted by Gasteiger charge is -2.28. The first-order valence-electron chi connectivity index (χ1n) is 9.27. The molecule has 0 spiro atoms. The van der Waals surface area contributed by atoms with Crippen molar-refractivity contribution in [1.82, 2.24) is 5.01 Å². The van der Waals surface area contributed by atoms with Crippen LogP contribution in [0.25, 0.3) is 0 Å². The Morgan fingerprint density at radius 2 is 2.08 bits per heavy atom. The number of hydrazone groups is 1. The van der Waals surface area contributed by atoms with Gasteiger partial charge in [-0.3, -0.25) is 5.01 Å². The van der Waals surface area contributed by atoms with Crippen molar-refractivity contribution in [3.8, 4) is 0 Å². The third-order valence-corrected chi connectivity index (χ3v) is 4.86. The molecule has 1 saturated heterocycles. The summed E-state index contributed by atoms with van der Waals surface area (Å²) in [5, 5.41) is 18.1. The number of methoxy groups -OCH3 is 1. The molecule has 0 unspecified atom stereocenters. The monoisotopic (exact) mass is 332 g/mol. The molecular weight excluding hydrogens is 300 g/mol. The van der Waals surface area contributed by atoms with Crippen LogP contribution < -0.4 is 0 Å². The normalized spacial score (nSPS) is 21.1. The molecule has 0 amide bonds. The molecule has 0 aromatic heterocycles. The molecule has 1 aliphatic rings. The molecule has 134 valence electrons. The molecule has 1 heterocycles. The predicted octanol–water partition coefficient (Wildman–Crippen LogP) is 4.01. The third kappa shape index (κ3) is 4.81. The SMILES string of the molecule is CCC/C(=N\N1CCC[C@H]1COC)[C@@H](CC)[C@H](O)c1ccccc1. The lowest BCUT2D eigenvalue weighted by atomic mass is 9.87. The van der Waals surface area contributed by atoms with Gasteiger partial charge in [-0.05, 0) is 31.2 Å². The Morgan fingerprint density at radius 3 is 2.71 bits per heavy atom. The Hall–Kier alpha value is -1.39. The van der Waals surface area contributed by atoms with Crippen molar-refractivity contribution in [2.24, 2.45) is 11.0 Å². The molecular formula is C20H32N2O2. The summed E-state index contributed by atoms with van der Waals surface area (Å²) in [6, 6.07) is 10.3. The second-order valence-electron chi connectivity index (χ2n) is 6.63. The Labute approximate surface area is 146 Å². The Balaban J connectivity index is 2.21. The van der Waals surface area contributed by atoms with Crippen molar-refractivity contribution < 1.29 is 9.84 Å². The second-order valence-corrected chi connectivity index (χ2v) is 6.63. The van der Waals surface area contributed by atoms with E-state index in [1.807, 2.05) is 30.3 Å². The fourth-order valence-electron chi connectivity index (χ4n) is 3.57. The van der Waals surface area contributed by atoms with E-state index in [4.69, 9.17) is 9.84 Å². The van der Waals surface area contributed by atoms with Crippen LogP contribution in [0.4, 0.5) is 0 Å². The molecule has 4 heteroatoms. The van der Waals surface area contributed by atoms with E-state index in [1.165, 1.54) is 0 Å². The van der Waals surface area contributed by atoms with Crippen molar-refractivity contribution in [2.45, 2.75) is 58.1 Å². The van der Waals surface area contributed by atoms with Crippen LogP contribution in [0, 0.1) is 5.92 Å². The minimum absolute atomic E-state index is 0.0659. The first kappa shape index (κ1) is 18.9. The average Bonchev–Trinajstić information content (AvgIpc) is 3.04. The first-order valence-corrected chi connectivity index (χ1v) is 9.27. The minimum Gasteiger partial charge on any atom is -0.388 e. The van der Waals surface area contributed by atoms with E-state index in [-0.39, 0.29) is 5.92 Å². The van der Waals surface area contributed by atoms with Gasteiger partial charge < -0.3 is 9.84 Å². The third-order valence-electron chi connectivity index (χ3n) is 4.86. The van der Waals surface area contributed by atoms with Crippen LogP contribution in [0.5, 0.6) is 0 Å². The second kappa shape index (κ2) is 9.80. The molecule has 24 heavy (non-hydrogen) atoms. The summed E-state index contributed by atoms with van der Waals surface area (Å²) >= 11 is 0. The Morgan fingerprint density at radius 1 is 1.33 bits per heavy atom. The molecule has 1 aromatic carbocycles. The molecule has 1 N–H and O–H groups in total. The number of rotatable bonds is 9. The molecule has 0 saturated carbocycles. The number of ether oxygens (including phenoxy) is 1. The average molecular weight is 332 g/mol. The predicted molar refractivity (Wildman–Crippen MR) is 99.1 cm³/mol. The number of aliphatic hydroxyl groups excluding tert-OH is 1. The first-order chi connectivity index (χ1) is 11.7. The summed E-state index contributed by atoms with van der Waals surface area (Å²) in [4.78, 5) is 0. The van der Waals surface area contributed by atoms with Gasteiger partial charge in [0, 0.05) is 25.3 Å². The van der Waals surface area contributed by atoms with Crippen molar-refractivity contribution in [3.63, 3.8) is 0 Å². The van der Waals surface area contributed by atoms with Crippen molar-refractivity contribution in [2.75, 3.05) is 20.3 Å². The van der Waals surface area contributed by atoms with Crippen LogP contribution in [0.1, 0.15) is 57.6 Å². The molecule has 1 aliphatic heterocycles. The van der Waals surface area contributed by atoms with Gasteiger partial charge in [0.05, 0.1) is 18.8 Å². The van der Waals surface area contributed by atoms with Crippen LogP contribution in [0.2, 0.25) is 0 Å². The van der Waals surface area contributed by atoms with E-state index < -0.39 is 6.10 Å². The molecule has 2 rings (SSSR count). The summed E-state index contributed by atoms with van der Waals surface area (Å²) in [5.74, 6) is 0.0659. The molecule has 0 aliphatic carbocycles. The fraction of sp³-hybridized carbons (Fsp3) is 0.650. The number of nitrogens with zero attached hydrogens (tertiary/aromatic N) is 2. The van der Waals surface area contributed by atoms with Gasteiger partial charge in [0.15, 0.2) is 0 Å². The molecule has 4 nitrogen and oxygen atoms in total. The lowest BCUT2D eigenvalue weighted by Crippen LogP contribution is -2.32. The van der Waals surface area contributed by atoms with E-state index in [0.29, 0.717) is 6.04 Å². The summed E-state index contributed by atoms with van der Waals surface area (Å²) in [5.41, 5.74) is 2.10. The molecule has 3 atom stereocenters. The zero-order valence-corrected chi connectivity index (χ0v) is 15.3. The number of hydrogen-bond acceptors (Lipinski definition) is 4. The quantitative estimate of drug-likeness (QED) is 0.695. The zero-order valence-electron chi connectivity index (χ0n) is 15.3. The van der Waals surface area contributed by atoms with Crippen molar-refractivity contribution in [1.29, 1.82) is 0 Å². The highest BCUT2D eigenvalue weighted by molar-refractivity contribution is 5.87. The Kier molecular flexibility index (Phi) is 7.73. The van der Waals surface area contributed by atoms with Gasteiger partial charge in [-0.1, -0.05) is 50.6 Å². The smallest absolute Gasteiger partial charge is 0.0870 e. The van der Waals surface area contributed by atoms with E-state index >= 15 is 0 Å². The van der Waals surface area contributed by atoms with Crippen LogP contribution in [-0.2, 0) is 4.74 Å². The maximum Gasteiger partial charge on any atom is 0.0870 e.